The Kier molecular flexibility index (Phi) is 2.43. The normalized spacial score (nSPS) is 10.4. The number of rotatable bonds is 2. The van der Waals surface area contributed by atoms with Gasteiger partial charge in [-0.15, -0.1) is 0 Å². The molecule has 0 saturated carbocycles. The third-order valence-corrected chi connectivity index (χ3v) is 2.68. The number of hydrogen-bond acceptors (Lipinski definition) is 2. The van der Waals surface area contributed by atoms with E-state index in [1.165, 1.54) is 17.5 Å². The monoisotopic (exact) mass is 221 g/mol. The van der Waals surface area contributed by atoms with Crippen LogP contribution in [0.1, 0.15) is 0 Å². The lowest BCUT2D eigenvalue weighted by atomic mass is 10.0. The van der Waals surface area contributed by atoms with E-state index in [9.17, 15) is 0 Å². The van der Waals surface area contributed by atoms with Crippen molar-refractivity contribution >= 4 is 0 Å². The molecule has 0 atom stereocenters. The summed E-state index contributed by atoms with van der Waals surface area (Å²) in [5, 5.41) is 6.69. The molecule has 17 heavy (non-hydrogen) atoms. The summed E-state index contributed by atoms with van der Waals surface area (Å²) < 4.78 is 0. The minimum Gasteiger partial charge on any atom is -0.259 e. The van der Waals surface area contributed by atoms with Gasteiger partial charge in [-0.05, 0) is 11.1 Å². The molecule has 0 aliphatic rings. The van der Waals surface area contributed by atoms with Crippen molar-refractivity contribution in [3.8, 4) is 22.5 Å². The number of hydrogen-bond donors (Lipinski definition) is 1. The van der Waals surface area contributed by atoms with Crippen molar-refractivity contribution < 1.29 is 0 Å². The van der Waals surface area contributed by atoms with Crippen molar-refractivity contribution in [2.75, 3.05) is 0 Å². The van der Waals surface area contributed by atoms with Gasteiger partial charge < -0.3 is 0 Å². The summed E-state index contributed by atoms with van der Waals surface area (Å²) in [7, 11) is 0. The number of nitrogens with zero attached hydrogens (tertiary/aromatic N) is 2. The first-order valence-corrected chi connectivity index (χ1v) is 5.45. The van der Waals surface area contributed by atoms with Gasteiger partial charge >= 0.3 is 0 Å². The lowest BCUT2D eigenvalue weighted by Crippen LogP contribution is -1.82. The Balaban J connectivity index is 1.96. The molecule has 82 valence electrons. The van der Waals surface area contributed by atoms with Crippen LogP contribution in [0.2, 0.25) is 0 Å². The number of nitrogens with one attached hydrogen (secondary N) is 1. The van der Waals surface area contributed by atoms with Gasteiger partial charge in [0.1, 0.15) is 6.33 Å². The van der Waals surface area contributed by atoms with E-state index in [0.717, 1.165) is 11.4 Å². The van der Waals surface area contributed by atoms with E-state index in [4.69, 9.17) is 0 Å². The van der Waals surface area contributed by atoms with Crippen molar-refractivity contribution in [2.45, 2.75) is 0 Å². The summed E-state index contributed by atoms with van der Waals surface area (Å²) in [6, 6.07) is 18.6. The molecule has 0 bridgehead atoms. The minimum atomic E-state index is 0.796. The highest BCUT2D eigenvalue weighted by Gasteiger charge is 2.01. The topological polar surface area (TPSA) is 41.6 Å². The molecule has 3 nitrogen and oxygen atoms in total. The second-order valence-corrected chi connectivity index (χ2v) is 3.78. The van der Waals surface area contributed by atoms with Crippen molar-refractivity contribution in [1.82, 2.24) is 15.2 Å². The fraction of sp³-hybridized carbons (Fsp3) is 0. The molecule has 0 aliphatic heterocycles. The van der Waals surface area contributed by atoms with E-state index in [2.05, 4.69) is 39.4 Å². The molecule has 1 aromatic heterocycles. The SMILES string of the molecule is c1ccc(-c2ccc(-c3ncn[nH]3)cc2)cc1. The smallest absolute Gasteiger partial charge is 0.155 e. The van der Waals surface area contributed by atoms with Crippen LogP contribution in [0.3, 0.4) is 0 Å². The quantitative estimate of drug-likeness (QED) is 0.722. The van der Waals surface area contributed by atoms with Crippen LogP contribution >= 0.6 is 0 Å². The van der Waals surface area contributed by atoms with Crippen LogP contribution in [0.15, 0.2) is 60.9 Å². The molecule has 0 fully saturated rings. The zero-order valence-electron chi connectivity index (χ0n) is 9.17. The van der Waals surface area contributed by atoms with Gasteiger partial charge in [0.05, 0.1) is 0 Å². The molecule has 0 aliphatic carbocycles. The average molecular weight is 221 g/mol. The van der Waals surface area contributed by atoms with E-state index < -0.39 is 0 Å². The van der Waals surface area contributed by atoms with E-state index >= 15 is 0 Å². The van der Waals surface area contributed by atoms with Gasteiger partial charge in [0.2, 0.25) is 0 Å². The molecule has 1 heterocycles. The lowest BCUT2D eigenvalue weighted by Gasteiger charge is -2.02. The Bertz CT molecular complexity index is 583. The third-order valence-electron chi connectivity index (χ3n) is 2.68. The van der Waals surface area contributed by atoms with Crippen molar-refractivity contribution in [3.05, 3.63) is 60.9 Å². The summed E-state index contributed by atoms with van der Waals surface area (Å²) in [5.74, 6) is 0.796. The van der Waals surface area contributed by atoms with Crippen LogP contribution in [0, 0.1) is 0 Å². The maximum atomic E-state index is 4.12. The van der Waals surface area contributed by atoms with Gasteiger partial charge in [-0.2, -0.15) is 5.10 Å². The lowest BCUT2D eigenvalue weighted by molar-refractivity contribution is 1.10. The van der Waals surface area contributed by atoms with Crippen molar-refractivity contribution in [1.29, 1.82) is 0 Å². The van der Waals surface area contributed by atoms with E-state index in [-0.39, 0.29) is 0 Å². The van der Waals surface area contributed by atoms with Gasteiger partial charge in [0.15, 0.2) is 5.82 Å². The number of benzene rings is 2. The fourth-order valence-corrected chi connectivity index (χ4v) is 1.80. The van der Waals surface area contributed by atoms with Gasteiger partial charge in [-0.3, -0.25) is 5.10 Å². The van der Waals surface area contributed by atoms with Crippen LogP contribution in [0.25, 0.3) is 22.5 Å². The predicted molar refractivity (Wildman–Crippen MR) is 67.3 cm³/mol. The Morgan fingerprint density at radius 2 is 1.35 bits per heavy atom. The fourth-order valence-electron chi connectivity index (χ4n) is 1.80. The van der Waals surface area contributed by atoms with Crippen LogP contribution in [-0.2, 0) is 0 Å². The van der Waals surface area contributed by atoms with Crippen molar-refractivity contribution in [2.24, 2.45) is 0 Å². The zero-order chi connectivity index (χ0) is 11.5. The first-order valence-electron chi connectivity index (χ1n) is 5.45. The molecular formula is C14H11N3. The summed E-state index contributed by atoms with van der Waals surface area (Å²) in [6.45, 7) is 0. The number of aromatic amines is 1. The minimum absolute atomic E-state index is 0.796. The molecule has 0 saturated heterocycles. The van der Waals surface area contributed by atoms with Gasteiger partial charge in [-0.1, -0.05) is 54.6 Å². The summed E-state index contributed by atoms with van der Waals surface area (Å²) in [5.41, 5.74) is 3.47. The summed E-state index contributed by atoms with van der Waals surface area (Å²) in [4.78, 5) is 4.12. The molecule has 1 N–H and O–H groups in total. The predicted octanol–water partition coefficient (Wildman–Crippen LogP) is 3.14. The standard InChI is InChI=1S/C14H11N3/c1-2-4-11(5-3-1)12-6-8-13(9-7-12)14-15-10-16-17-14/h1-10H,(H,15,16,17). The molecule has 3 rings (SSSR count). The summed E-state index contributed by atoms with van der Waals surface area (Å²) in [6.07, 6.45) is 1.51. The molecule has 0 spiro atoms. The molecule has 3 heteroatoms. The molecule has 0 amide bonds. The van der Waals surface area contributed by atoms with Crippen LogP contribution < -0.4 is 0 Å². The van der Waals surface area contributed by atoms with Crippen molar-refractivity contribution in [3.63, 3.8) is 0 Å². The van der Waals surface area contributed by atoms with Crippen LogP contribution in [-0.4, -0.2) is 15.2 Å². The first-order chi connectivity index (χ1) is 8.43. The Morgan fingerprint density at radius 3 is 2.00 bits per heavy atom. The molecule has 3 aromatic rings. The van der Waals surface area contributed by atoms with Crippen LogP contribution in [0.5, 0.6) is 0 Å². The molecule has 0 unspecified atom stereocenters. The Morgan fingerprint density at radius 1 is 0.706 bits per heavy atom. The van der Waals surface area contributed by atoms with Gasteiger partial charge in [0, 0.05) is 5.56 Å². The number of H-pyrrole nitrogens is 1. The van der Waals surface area contributed by atoms with E-state index in [1.54, 1.807) is 0 Å². The average Bonchev–Trinajstić information content (AvgIpc) is 2.94. The van der Waals surface area contributed by atoms with Gasteiger partial charge in [-0.25, -0.2) is 4.98 Å². The third kappa shape index (κ3) is 1.95. The van der Waals surface area contributed by atoms with Crippen LogP contribution in [0.4, 0.5) is 0 Å². The highest BCUT2D eigenvalue weighted by atomic mass is 15.2. The molecule has 2 aromatic carbocycles. The summed E-state index contributed by atoms with van der Waals surface area (Å²) >= 11 is 0. The second kappa shape index (κ2) is 4.22. The van der Waals surface area contributed by atoms with E-state index in [1.807, 2.05) is 30.3 Å². The Hall–Kier alpha value is -2.42. The molecular weight excluding hydrogens is 210 g/mol. The number of aromatic nitrogens is 3. The first kappa shape index (κ1) is 9.78. The second-order valence-electron chi connectivity index (χ2n) is 3.78. The zero-order valence-corrected chi connectivity index (χ0v) is 9.17. The maximum Gasteiger partial charge on any atom is 0.155 e. The largest absolute Gasteiger partial charge is 0.259 e. The highest BCUT2D eigenvalue weighted by Crippen LogP contribution is 2.22. The molecule has 0 radical (unpaired) electrons. The van der Waals surface area contributed by atoms with Gasteiger partial charge in [0.25, 0.3) is 0 Å². The highest BCUT2D eigenvalue weighted by molar-refractivity contribution is 5.67. The maximum absolute atomic E-state index is 4.12. The Labute approximate surface area is 99.2 Å². The van der Waals surface area contributed by atoms with E-state index in [0.29, 0.717) is 0 Å².